The molecule has 1 amide bonds. The number of unbranched alkanes of at least 4 members (excludes halogenated alkanes) is 2. The molecular formula is C61H81N10O21S6+. The number of carboxylic acid groups (broad SMARTS) is 1. The Morgan fingerprint density at radius 2 is 1.07 bits per heavy atom. The van der Waals surface area contributed by atoms with Crippen LogP contribution in [-0.2, 0) is 70.3 Å². The zero-order valence-corrected chi connectivity index (χ0v) is 58.9. The van der Waals surface area contributed by atoms with Gasteiger partial charge in [0.05, 0.1) is 27.2 Å². The molecule has 10 N–H and O–H groups in total. The fourth-order valence-electron chi connectivity index (χ4n) is 12.3. The van der Waals surface area contributed by atoms with Crippen LogP contribution in [0.3, 0.4) is 0 Å². The molecule has 3 fully saturated rings. The Labute approximate surface area is 569 Å². The second-order valence-electron chi connectivity index (χ2n) is 24.5. The van der Waals surface area contributed by atoms with Gasteiger partial charge in [0.15, 0.2) is 5.71 Å². The molecule has 0 radical (unpaired) electrons. The van der Waals surface area contributed by atoms with Gasteiger partial charge in [-0.3, -0.25) is 36.9 Å². The molecule has 0 saturated carbocycles. The number of aryl methyl sites for hydroxylation is 2. The van der Waals surface area contributed by atoms with E-state index in [1.165, 1.54) is 41.9 Å². The zero-order valence-electron chi connectivity index (χ0n) is 54.0. The van der Waals surface area contributed by atoms with Crippen molar-refractivity contribution in [3.63, 3.8) is 0 Å². The second kappa shape index (κ2) is 31.6. The van der Waals surface area contributed by atoms with Crippen LogP contribution in [0, 0.1) is 19.8 Å². The number of carboxylic acids is 1. The van der Waals surface area contributed by atoms with Gasteiger partial charge in [-0.15, -0.1) is 0 Å². The number of carbonyl (C=O) groups is 2. The fraction of sp³-hybridized carbons (Fsp3) is 0.475. The highest BCUT2D eigenvalue weighted by atomic mass is 32.2. The van der Waals surface area contributed by atoms with E-state index >= 15 is 0 Å². The van der Waals surface area contributed by atoms with E-state index in [4.69, 9.17) is 20.7 Å². The van der Waals surface area contributed by atoms with E-state index in [9.17, 15) is 92.5 Å². The van der Waals surface area contributed by atoms with Gasteiger partial charge in [-0.05, 0) is 137 Å². The van der Waals surface area contributed by atoms with Crippen molar-refractivity contribution in [3.05, 3.63) is 95.7 Å². The molecule has 3 saturated heterocycles. The molecular weight excluding hydrogens is 1400 g/mol. The number of nitrogens with zero attached hydrogens (tertiary/aromatic N) is 8. The van der Waals surface area contributed by atoms with E-state index in [0.717, 1.165) is 25.0 Å². The Morgan fingerprint density at radius 3 is 1.57 bits per heavy atom. The highest BCUT2D eigenvalue weighted by Gasteiger charge is 2.32. The summed E-state index contributed by atoms with van der Waals surface area (Å²) < 4.78 is 209. The first-order chi connectivity index (χ1) is 45.8. The molecule has 4 aromatic carbocycles. The van der Waals surface area contributed by atoms with Crippen LogP contribution in [0.5, 0.6) is 0 Å². The number of aromatic nitrogens is 3. The van der Waals surface area contributed by atoms with Crippen LogP contribution >= 0.6 is 0 Å². The lowest BCUT2D eigenvalue weighted by Gasteiger charge is -2.35. The third-order valence-electron chi connectivity index (χ3n) is 17.6. The van der Waals surface area contributed by atoms with E-state index in [-0.39, 0.29) is 95.3 Å². The van der Waals surface area contributed by atoms with E-state index in [2.05, 4.69) is 15.1 Å². The molecule has 536 valence electrons. The Morgan fingerprint density at radius 1 is 0.582 bits per heavy atom. The van der Waals surface area contributed by atoms with Crippen LogP contribution < -0.4 is 30.7 Å². The number of allylic oxidation sites excluding steroid dienone is 6. The van der Waals surface area contributed by atoms with Gasteiger partial charge in [0, 0.05) is 117 Å². The summed E-state index contributed by atoms with van der Waals surface area (Å²) in [5.74, 6) is -1.39. The zero-order chi connectivity index (χ0) is 71.9. The summed E-state index contributed by atoms with van der Waals surface area (Å²) >= 11 is 0. The van der Waals surface area contributed by atoms with Gasteiger partial charge in [0.2, 0.25) is 29.4 Å². The number of piperidine rings is 3. The van der Waals surface area contributed by atoms with Crippen LogP contribution in [0.4, 0.5) is 29.2 Å². The van der Waals surface area contributed by atoms with E-state index in [1.54, 1.807) is 38.1 Å². The van der Waals surface area contributed by atoms with Crippen molar-refractivity contribution in [3.8, 4) is 0 Å². The van der Waals surface area contributed by atoms with Crippen molar-refractivity contribution in [2.24, 2.45) is 11.7 Å². The molecule has 0 unspecified atom stereocenters. The van der Waals surface area contributed by atoms with Gasteiger partial charge in [0.25, 0.3) is 60.7 Å². The van der Waals surface area contributed by atoms with Crippen molar-refractivity contribution in [1.82, 2.24) is 20.3 Å². The number of aliphatic carboxylic acids is 1. The van der Waals surface area contributed by atoms with Crippen LogP contribution in [0.1, 0.15) is 102 Å². The van der Waals surface area contributed by atoms with Crippen molar-refractivity contribution in [2.45, 2.75) is 136 Å². The van der Waals surface area contributed by atoms with Gasteiger partial charge in [0.1, 0.15) is 16.3 Å². The van der Waals surface area contributed by atoms with Gasteiger partial charge in [-0.1, -0.05) is 30.7 Å². The first-order valence-corrected chi connectivity index (χ1v) is 40.4. The first-order valence-electron chi connectivity index (χ1n) is 31.4. The molecule has 0 aliphatic carbocycles. The summed E-state index contributed by atoms with van der Waals surface area (Å²) in [6.07, 6.45) is 12.6. The Hall–Kier alpha value is -7.14. The first kappa shape index (κ1) is 76.6. The van der Waals surface area contributed by atoms with Crippen LogP contribution in [0.25, 0.3) is 21.5 Å². The highest BCUT2D eigenvalue weighted by Crippen LogP contribution is 2.38. The average Bonchev–Trinajstić information content (AvgIpc) is 0.758. The summed E-state index contributed by atoms with van der Waals surface area (Å²) in [5.41, 5.74) is 8.11. The molecule has 8 rings (SSSR count). The monoisotopic (exact) mass is 1480 g/mol. The molecule has 4 heterocycles. The maximum absolute atomic E-state index is 13.5. The number of nitrogens with one attached hydrogen (secondary N) is 1. The summed E-state index contributed by atoms with van der Waals surface area (Å²) in [4.78, 5) is 44.5. The SMILES string of the molecule is C\C(=C/C=C/C=C/C(CCCS(=O)(=O)O)=[N+](CCCS(=O)(=O)O)c1ccc2c(S(=O)(=O)O)cc(S(=O)(=O)O)cc2c1C)N(CCCCCC(=O)NC1CCN(c2nc(N3CCC(N)CC3)nc(N3CCC(C(=O)O)CC3)n2)CC1)c1ccc2c(S(=O)(=O)O)cc(S(=O)(=O)O)cc2c1C. The highest BCUT2D eigenvalue weighted by molar-refractivity contribution is 7.87. The number of rotatable bonds is 29. The van der Waals surface area contributed by atoms with E-state index in [1.807, 2.05) is 9.80 Å². The molecule has 37 heteroatoms. The maximum Gasteiger partial charge on any atom is 0.306 e. The number of anilines is 4. The number of hydrogen-bond acceptors (Lipinski definition) is 22. The lowest BCUT2D eigenvalue weighted by molar-refractivity contribution is -0.441. The lowest BCUT2D eigenvalue weighted by atomic mass is 9.97. The van der Waals surface area contributed by atoms with Crippen molar-refractivity contribution in [2.75, 3.05) is 83.5 Å². The number of amides is 1. The second-order valence-corrected chi connectivity index (χ2v) is 33.3. The average molecular weight is 1480 g/mol. The minimum absolute atomic E-state index is 0.0518. The quantitative estimate of drug-likeness (QED) is 0.00883. The molecule has 0 spiro atoms. The molecule has 0 bridgehead atoms. The van der Waals surface area contributed by atoms with Gasteiger partial charge in [-0.25, -0.2) is 0 Å². The third kappa shape index (κ3) is 20.5. The summed E-state index contributed by atoms with van der Waals surface area (Å²) in [5, 5.41) is 12.5. The fourth-order valence-corrected chi connectivity index (χ4v) is 16.0. The predicted octanol–water partition coefficient (Wildman–Crippen LogP) is 5.91. The van der Waals surface area contributed by atoms with Crippen molar-refractivity contribution >= 4 is 129 Å². The van der Waals surface area contributed by atoms with Gasteiger partial charge >= 0.3 is 5.97 Å². The number of carbonyl (C=O) groups excluding carboxylic acids is 1. The third-order valence-corrected chi connectivity index (χ3v) is 22.6. The number of fused-ring (bicyclic) bond motifs is 2. The summed E-state index contributed by atoms with van der Waals surface area (Å²) in [6, 6.07) is 8.73. The number of hydrogen-bond donors (Lipinski definition) is 9. The van der Waals surface area contributed by atoms with E-state index < -0.39 is 104 Å². The molecule has 31 nitrogen and oxygen atoms in total. The lowest BCUT2D eigenvalue weighted by Crippen LogP contribution is -2.46. The Bertz CT molecular complexity index is 4700. The van der Waals surface area contributed by atoms with E-state index in [0.29, 0.717) is 131 Å². The maximum atomic E-state index is 13.5. The smallest absolute Gasteiger partial charge is 0.306 e. The number of benzene rings is 4. The molecule has 5 aromatic rings. The molecule has 98 heavy (non-hydrogen) atoms. The molecule has 3 aliphatic rings. The molecule has 0 atom stereocenters. The minimum Gasteiger partial charge on any atom is -0.481 e. The molecule has 3 aliphatic heterocycles. The summed E-state index contributed by atoms with van der Waals surface area (Å²) in [6.45, 7) is 8.21. The topological polar surface area (TPSA) is 473 Å². The van der Waals surface area contributed by atoms with Crippen molar-refractivity contribution < 1.29 is 97.1 Å². The standard InChI is InChI=1S/C61H80N10O21S6/c1-40(12-6-4-7-13-46(14-10-34-93(75,76)77)71(27-11-35-94(78,79)80)54-19-17-50-52(42(54)3)37-48(96(84,85)86)39-56(50)98(90,91)92)70(53-18-16-49-51(41(53)2)36-47(95(81,82)83)38-55(49)97(87,88)89)26-9-5-8-15-57(72)63-45-24-32-69(33-25-45)61-65-59(67-28-20-43(21-29-67)58(73)74)64-60(66-61)68-30-22-44(62)23-31-68/h4,6-7,12-13,16-19,36-39,43-45H,5,8-11,14-15,20-35,62H2,1-3H3,(H7-,63,72,73,74,75,76,77,78,79,80,81,82,83,84,85,86,87,88,89,90,91,92)/p+1. The largest absolute Gasteiger partial charge is 0.481 e. The number of nitrogens with two attached hydrogens (primary N) is 1. The van der Waals surface area contributed by atoms with Gasteiger partial charge < -0.3 is 35.8 Å². The van der Waals surface area contributed by atoms with Crippen LogP contribution in [0.15, 0.2) is 104 Å². The minimum atomic E-state index is -5.12. The van der Waals surface area contributed by atoms with Crippen LogP contribution in [0.2, 0.25) is 0 Å². The van der Waals surface area contributed by atoms with Crippen molar-refractivity contribution in [1.29, 1.82) is 0 Å². The summed E-state index contributed by atoms with van der Waals surface area (Å²) in [7, 11) is -29.3. The predicted molar refractivity (Wildman–Crippen MR) is 366 cm³/mol. The van der Waals surface area contributed by atoms with Crippen LogP contribution in [-0.4, -0.2) is 196 Å². The Kier molecular flexibility index (Phi) is 24.7. The van der Waals surface area contributed by atoms with Gasteiger partial charge in [-0.2, -0.15) is 70.0 Å². The molecule has 1 aromatic heterocycles. The normalized spacial score (nSPS) is 16.8. The Balaban J connectivity index is 1.03.